The van der Waals surface area contributed by atoms with Crippen LogP contribution in [0.15, 0.2) is 18.3 Å². The zero-order valence-electron chi connectivity index (χ0n) is 10.3. The first kappa shape index (κ1) is 12.1. The van der Waals surface area contributed by atoms with E-state index in [2.05, 4.69) is 53.3 Å². The topological polar surface area (TPSA) is 17.0 Å². The van der Waals surface area contributed by atoms with Gasteiger partial charge in [-0.05, 0) is 31.2 Å². The van der Waals surface area contributed by atoms with Gasteiger partial charge >= 0.3 is 0 Å². The van der Waals surface area contributed by atoms with E-state index in [0.717, 1.165) is 13.1 Å². The highest BCUT2D eigenvalue weighted by atomic mass is 32.2. The van der Waals surface area contributed by atoms with Crippen molar-refractivity contribution in [1.82, 2.24) is 9.88 Å². The molecular weight excluding hydrogens is 216 g/mol. The van der Waals surface area contributed by atoms with E-state index >= 15 is 0 Å². The molecule has 1 saturated carbocycles. The Morgan fingerprint density at radius 1 is 1.44 bits per heavy atom. The maximum Gasteiger partial charge on any atom is 0.0359 e. The summed E-state index contributed by atoms with van der Waals surface area (Å²) in [5.41, 5.74) is 1.37. The second-order valence-corrected chi connectivity index (χ2v) is 6.08. The van der Waals surface area contributed by atoms with Gasteiger partial charge in [0.25, 0.3) is 0 Å². The van der Waals surface area contributed by atoms with E-state index in [4.69, 9.17) is 0 Å². The summed E-state index contributed by atoms with van der Waals surface area (Å²) in [7, 11) is 2.11. The third-order valence-electron chi connectivity index (χ3n) is 3.75. The SMILES string of the molecule is CSC1(CNCc2cccn2C)CCCC1. The standard InChI is InChI=1S/C13H22N2S/c1-15-9-5-6-12(15)10-14-11-13(16-2)7-3-4-8-13/h5-6,9,14H,3-4,7-8,10-11H2,1-2H3. The smallest absolute Gasteiger partial charge is 0.0359 e. The van der Waals surface area contributed by atoms with E-state index in [-0.39, 0.29) is 0 Å². The lowest BCUT2D eigenvalue weighted by Gasteiger charge is -2.27. The van der Waals surface area contributed by atoms with Crippen LogP contribution in [0.4, 0.5) is 0 Å². The van der Waals surface area contributed by atoms with E-state index in [0.29, 0.717) is 4.75 Å². The molecule has 1 N–H and O–H groups in total. The minimum absolute atomic E-state index is 0.519. The van der Waals surface area contributed by atoms with Crippen LogP contribution in [0.3, 0.4) is 0 Å². The number of thioether (sulfide) groups is 1. The van der Waals surface area contributed by atoms with Gasteiger partial charge in [-0.15, -0.1) is 0 Å². The van der Waals surface area contributed by atoms with Crippen molar-refractivity contribution in [3.63, 3.8) is 0 Å². The molecule has 90 valence electrons. The minimum atomic E-state index is 0.519. The number of hydrogen-bond donors (Lipinski definition) is 1. The highest BCUT2D eigenvalue weighted by molar-refractivity contribution is 8.00. The summed E-state index contributed by atoms with van der Waals surface area (Å²) in [6.45, 7) is 2.14. The van der Waals surface area contributed by atoms with Crippen LogP contribution in [0.5, 0.6) is 0 Å². The maximum absolute atomic E-state index is 3.62. The Kier molecular flexibility index (Phi) is 3.98. The lowest BCUT2D eigenvalue weighted by atomic mass is 10.1. The fraction of sp³-hybridized carbons (Fsp3) is 0.692. The highest BCUT2D eigenvalue weighted by Crippen LogP contribution is 2.39. The number of aryl methyl sites for hydroxylation is 1. The summed E-state index contributed by atoms with van der Waals surface area (Å²) in [6.07, 6.45) is 9.95. The average molecular weight is 238 g/mol. The second kappa shape index (κ2) is 5.28. The molecule has 0 bridgehead atoms. The van der Waals surface area contributed by atoms with Crippen LogP contribution in [0.25, 0.3) is 0 Å². The monoisotopic (exact) mass is 238 g/mol. The summed E-state index contributed by atoms with van der Waals surface area (Å²) >= 11 is 2.05. The van der Waals surface area contributed by atoms with Gasteiger partial charge in [-0.2, -0.15) is 11.8 Å². The van der Waals surface area contributed by atoms with Gasteiger partial charge in [-0.3, -0.25) is 0 Å². The zero-order valence-corrected chi connectivity index (χ0v) is 11.1. The largest absolute Gasteiger partial charge is 0.353 e. The molecule has 1 fully saturated rings. The van der Waals surface area contributed by atoms with E-state index < -0.39 is 0 Å². The molecule has 0 radical (unpaired) electrons. The van der Waals surface area contributed by atoms with Crippen molar-refractivity contribution in [1.29, 1.82) is 0 Å². The highest BCUT2D eigenvalue weighted by Gasteiger charge is 2.32. The van der Waals surface area contributed by atoms with Crippen LogP contribution in [0, 0.1) is 0 Å². The lowest BCUT2D eigenvalue weighted by molar-refractivity contribution is 0.526. The molecule has 0 amide bonds. The third-order valence-corrected chi connectivity index (χ3v) is 5.17. The molecule has 0 unspecified atom stereocenters. The molecule has 1 aromatic heterocycles. The van der Waals surface area contributed by atoms with Crippen molar-refractivity contribution in [2.45, 2.75) is 37.0 Å². The lowest BCUT2D eigenvalue weighted by Crippen LogP contribution is -2.35. The Balaban J connectivity index is 1.81. The molecule has 1 aromatic rings. The van der Waals surface area contributed by atoms with Gasteiger partial charge in [0.05, 0.1) is 0 Å². The fourth-order valence-electron chi connectivity index (χ4n) is 2.57. The molecule has 3 heteroatoms. The predicted octanol–water partition coefficient (Wildman–Crippen LogP) is 2.79. The summed E-state index contributed by atoms with van der Waals surface area (Å²) in [5.74, 6) is 0. The van der Waals surface area contributed by atoms with Crippen molar-refractivity contribution in [3.8, 4) is 0 Å². The summed E-state index contributed by atoms with van der Waals surface area (Å²) in [5, 5.41) is 3.62. The van der Waals surface area contributed by atoms with Crippen LogP contribution in [0.2, 0.25) is 0 Å². The fourth-order valence-corrected chi connectivity index (χ4v) is 3.51. The summed E-state index contributed by atoms with van der Waals surface area (Å²) in [6, 6.07) is 4.30. The Hall–Kier alpha value is -0.410. The molecule has 0 saturated heterocycles. The maximum atomic E-state index is 3.62. The van der Waals surface area contributed by atoms with E-state index in [1.807, 2.05) is 0 Å². The first-order valence-electron chi connectivity index (χ1n) is 6.12. The molecule has 0 spiro atoms. The minimum Gasteiger partial charge on any atom is -0.353 e. The van der Waals surface area contributed by atoms with Gasteiger partial charge in [0, 0.05) is 36.8 Å². The number of nitrogens with zero attached hydrogens (tertiary/aromatic N) is 1. The van der Waals surface area contributed by atoms with Crippen molar-refractivity contribution >= 4 is 11.8 Å². The van der Waals surface area contributed by atoms with Crippen molar-refractivity contribution in [3.05, 3.63) is 24.0 Å². The van der Waals surface area contributed by atoms with Gasteiger partial charge in [0.2, 0.25) is 0 Å². The van der Waals surface area contributed by atoms with Crippen molar-refractivity contribution in [2.75, 3.05) is 12.8 Å². The van der Waals surface area contributed by atoms with E-state index in [1.54, 1.807) is 0 Å². The van der Waals surface area contributed by atoms with Gasteiger partial charge in [0.15, 0.2) is 0 Å². The van der Waals surface area contributed by atoms with Crippen LogP contribution in [-0.4, -0.2) is 22.1 Å². The van der Waals surface area contributed by atoms with Crippen LogP contribution < -0.4 is 5.32 Å². The number of nitrogens with one attached hydrogen (secondary N) is 1. The van der Waals surface area contributed by atoms with Crippen molar-refractivity contribution in [2.24, 2.45) is 7.05 Å². The molecule has 1 heterocycles. The number of hydrogen-bond acceptors (Lipinski definition) is 2. The molecule has 2 rings (SSSR count). The molecule has 16 heavy (non-hydrogen) atoms. The molecule has 1 aliphatic carbocycles. The predicted molar refractivity (Wildman–Crippen MR) is 71.8 cm³/mol. The Labute approximate surface area is 103 Å². The number of rotatable bonds is 5. The normalized spacial score (nSPS) is 19.1. The van der Waals surface area contributed by atoms with E-state index in [9.17, 15) is 0 Å². The molecular formula is C13H22N2S. The van der Waals surface area contributed by atoms with E-state index in [1.165, 1.54) is 31.4 Å². The van der Waals surface area contributed by atoms with Gasteiger partial charge < -0.3 is 9.88 Å². The molecule has 0 aliphatic heterocycles. The van der Waals surface area contributed by atoms with Crippen LogP contribution in [0.1, 0.15) is 31.4 Å². The summed E-state index contributed by atoms with van der Waals surface area (Å²) in [4.78, 5) is 0. The van der Waals surface area contributed by atoms with Crippen molar-refractivity contribution < 1.29 is 0 Å². The van der Waals surface area contributed by atoms with Crippen LogP contribution in [-0.2, 0) is 13.6 Å². The van der Waals surface area contributed by atoms with Crippen LogP contribution >= 0.6 is 11.8 Å². The molecule has 0 atom stereocenters. The molecule has 2 nitrogen and oxygen atoms in total. The molecule has 1 aliphatic rings. The average Bonchev–Trinajstić information content (AvgIpc) is 2.90. The Bertz CT molecular complexity index is 326. The molecule has 0 aromatic carbocycles. The van der Waals surface area contributed by atoms with Gasteiger partial charge in [-0.25, -0.2) is 0 Å². The van der Waals surface area contributed by atoms with Gasteiger partial charge in [-0.1, -0.05) is 12.8 Å². The first-order valence-corrected chi connectivity index (χ1v) is 7.34. The first-order chi connectivity index (χ1) is 7.76. The Morgan fingerprint density at radius 3 is 2.75 bits per heavy atom. The quantitative estimate of drug-likeness (QED) is 0.849. The second-order valence-electron chi connectivity index (χ2n) is 4.81. The summed E-state index contributed by atoms with van der Waals surface area (Å²) < 4.78 is 2.71. The van der Waals surface area contributed by atoms with Gasteiger partial charge in [0.1, 0.15) is 0 Å². The Morgan fingerprint density at radius 2 is 2.19 bits per heavy atom. The zero-order chi connectivity index (χ0) is 11.4. The number of aromatic nitrogens is 1. The third kappa shape index (κ3) is 2.64.